The summed E-state index contributed by atoms with van der Waals surface area (Å²) in [4.78, 5) is 2.30. The molecule has 168 valence electrons. The second kappa shape index (κ2) is 10.1. The number of ether oxygens (including phenoxy) is 1. The molecule has 1 aliphatic rings. The molecule has 0 amide bonds. The largest absolute Gasteiger partial charge is 0.436 e. The van der Waals surface area contributed by atoms with Crippen molar-refractivity contribution in [2.45, 2.75) is 44.4 Å². The molecule has 1 aliphatic carbocycles. The first-order valence-electron chi connectivity index (χ1n) is 11.1. The van der Waals surface area contributed by atoms with Crippen molar-refractivity contribution >= 4 is 0 Å². The summed E-state index contributed by atoms with van der Waals surface area (Å²) in [5.41, 5.74) is 2.68. The van der Waals surface area contributed by atoms with Crippen molar-refractivity contribution in [1.29, 1.82) is 0 Å². The Kier molecular flexibility index (Phi) is 7.02. The summed E-state index contributed by atoms with van der Waals surface area (Å²) in [6.07, 6.45) is 5.09. The van der Waals surface area contributed by atoms with Crippen LogP contribution in [0.5, 0.6) is 11.6 Å². The van der Waals surface area contributed by atoms with Gasteiger partial charge in [0.05, 0.1) is 11.7 Å². The molecule has 4 rings (SSSR count). The second-order valence-electron chi connectivity index (χ2n) is 8.33. The van der Waals surface area contributed by atoms with Gasteiger partial charge in [0, 0.05) is 31.7 Å². The number of rotatable bonds is 11. The molecule has 1 unspecified atom stereocenters. The maximum absolute atomic E-state index is 14.4. The van der Waals surface area contributed by atoms with Crippen molar-refractivity contribution in [2.24, 2.45) is 7.05 Å². The average Bonchev–Trinajstić information content (AvgIpc) is 3.60. The van der Waals surface area contributed by atoms with E-state index in [9.17, 15) is 9.50 Å². The third-order valence-corrected chi connectivity index (χ3v) is 5.75. The topological polar surface area (TPSA) is 50.5 Å². The van der Waals surface area contributed by atoms with Crippen LogP contribution in [0.15, 0.2) is 67.3 Å². The summed E-state index contributed by atoms with van der Waals surface area (Å²) in [6, 6.07) is 16.8. The number of hydrogen-bond acceptors (Lipinski definition) is 4. The first-order valence-corrected chi connectivity index (χ1v) is 11.1. The summed E-state index contributed by atoms with van der Waals surface area (Å²) in [7, 11) is 1.81. The Hall–Kier alpha value is -2.96. The van der Waals surface area contributed by atoms with Crippen LogP contribution in [0, 0.1) is 5.82 Å². The van der Waals surface area contributed by atoms with Gasteiger partial charge in [-0.15, -0.1) is 6.58 Å². The van der Waals surface area contributed by atoms with Crippen molar-refractivity contribution in [3.05, 3.63) is 78.6 Å². The molecule has 0 aliphatic heterocycles. The van der Waals surface area contributed by atoms with Crippen LogP contribution in [-0.4, -0.2) is 38.5 Å². The highest BCUT2D eigenvalue weighted by Gasteiger charge is 2.33. The summed E-state index contributed by atoms with van der Waals surface area (Å²) in [6.45, 7) is 4.89. The van der Waals surface area contributed by atoms with E-state index in [1.807, 2.05) is 43.5 Å². The van der Waals surface area contributed by atoms with Gasteiger partial charge >= 0.3 is 0 Å². The number of benzene rings is 2. The van der Waals surface area contributed by atoms with E-state index < -0.39 is 11.9 Å². The zero-order valence-electron chi connectivity index (χ0n) is 18.5. The van der Waals surface area contributed by atoms with Gasteiger partial charge in [-0.25, -0.2) is 9.07 Å². The first-order chi connectivity index (χ1) is 15.6. The lowest BCUT2D eigenvalue weighted by atomic mass is 10.1. The number of nitrogens with zero attached hydrogens (tertiary/aromatic N) is 3. The summed E-state index contributed by atoms with van der Waals surface area (Å²) < 4.78 is 22.1. The zero-order chi connectivity index (χ0) is 22.5. The predicted molar refractivity (Wildman–Crippen MR) is 124 cm³/mol. The lowest BCUT2D eigenvalue weighted by molar-refractivity contribution is 0.0976. The molecule has 0 radical (unpaired) electrons. The number of para-hydroxylation sites is 1. The highest BCUT2D eigenvalue weighted by Crippen LogP contribution is 2.37. The Bertz CT molecular complexity index is 1050. The maximum atomic E-state index is 14.4. The molecule has 2 aromatic carbocycles. The third kappa shape index (κ3) is 5.26. The zero-order valence-corrected chi connectivity index (χ0v) is 18.5. The lowest BCUT2D eigenvalue weighted by Crippen LogP contribution is -2.34. The van der Waals surface area contributed by atoms with Crippen molar-refractivity contribution in [3.8, 4) is 22.9 Å². The molecule has 0 saturated heterocycles. The molecule has 1 aromatic heterocycles. The minimum absolute atomic E-state index is 0.167. The molecule has 6 heteroatoms. The summed E-state index contributed by atoms with van der Waals surface area (Å²) in [5, 5.41) is 15.3. The van der Waals surface area contributed by atoms with Gasteiger partial charge < -0.3 is 9.84 Å². The van der Waals surface area contributed by atoms with Gasteiger partial charge in [-0.3, -0.25) is 4.90 Å². The molecule has 32 heavy (non-hydrogen) atoms. The van der Waals surface area contributed by atoms with Gasteiger partial charge in [0.1, 0.15) is 5.69 Å². The van der Waals surface area contributed by atoms with Crippen LogP contribution in [0.3, 0.4) is 0 Å². The highest BCUT2D eigenvalue weighted by molar-refractivity contribution is 5.65. The molecule has 5 nitrogen and oxygen atoms in total. The van der Waals surface area contributed by atoms with Gasteiger partial charge in [-0.1, -0.05) is 48.5 Å². The minimum Gasteiger partial charge on any atom is -0.436 e. The molecule has 0 spiro atoms. The Morgan fingerprint density at radius 3 is 2.62 bits per heavy atom. The average molecular weight is 436 g/mol. The van der Waals surface area contributed by atoms with Gasteiger partial charge in [0.2, 0.25) is 5.88 Å². The fraction of sp³-hybridized carbons (Fsp3) is 0.346. The Balaban J connectivity index is 1.69. The monoisotopic (exact) mass is 435 g/mol. The molecule has 1 fully saturated rings. The van der Waals surface area contributed by atoms with E-state index in [2.05, 4.69) is 11.5 Å². The Morgan fingerprint density at radius 2 is 1.94 bits per heavy atom. The fourth-order valence-electron chi connectivity index (χ4n) is 3.94. The first kappa shape index (κ1) is 22.2. The number of halogens is 1. The van der Waals surface area contributed by atoms with E-state index in [1.54, 1.807) is 22.9 Å². The number of aliphatic hydroxyl groups excluding tert-OH is 1. The van der Waals surface area contributed by atoms with Gasteiger partial charge in [-0.2, -0.15) is 5.10 Å². The Labute approximate surface area is 188 Å². The fourth-order valence-corrected chi connectivity index (χ4v) is 3.94. The molecule has 1 atom stereocenters. The van der Waals surface area contributed by atoms with Gasteiger partial charge in [0.25, 0.3) is 0 Å². The van der Waals surface area contributed by atoms with E-state index in [1.165, 1.54) is 6.07 Å². The van der Waals surface area contributed by atoms with Gasteiger partial charge in [-0.05, 0) is 37.8 Å². The molecule has 1 heterocycles. The van der Waals surface area contributed by atoms with Crippen LogP contribution >= 0.6 is 0 Å². The molecular weight excluding hydrogens is 405 g/mol. The van der Waals surface area contributed by atoms with Gasteiger partial charge in [0.15, 0.2) is 11.6 Å². The number of hydrogen-bond donors (Lipinski definition) is 1. The lowest BCUT2D eigenvalue weighted by Gasteiger charge is -2.25. The summed E-state index contributed by atoms with van der Waals surface area (Å²) >= 11 is 0. The smallest absolute Gasteiger partial charge is 0.222 e. The van der Waals surface area contributed by atoms with Crippen LogP contribution in [-0.2, 0) is 13.6 Å². The van der Waals surface area contributed by atoms with Crippen molar-refractivity contribution in [1.82, 2.24) is 14.7 Å². The molecular formula is C26H30FN3O2. The van der Waals surface area contributed by atoms with Crippen molar-refractivity contribution in [3.63, 3.8) is 0 Å². The third-order valence-electron chi connectivity index (χ3n) is 5.75. The summed E-state index contributed by atoms with van der Waals surface area (Å²) in [5.74, 6) is 0.264. The molecule has 1 N–H and O–H groups in total. The Morgan fingerprint density at radius 1 is 1.22 bits per heavy atom. The standard InChI is InChI=1S/C26H30FN3O2/c1-3-4-12-21(31)17-30(20-15-16-20)18-22-25(19-10-6-5-7-11-19)28-29(2)26(22)32-24-14-9-8-13-23(24)27/h3,5-11,13-14,20-21,31H,1,4,12,15-18H2,2H3. The highest BCUT2D eigenvalue weighted by atomic mass is 19.1. The van der Waals surface area contributed by atoms with E-state index in [0.29, 0.717) is 31.4 Å². The molecule has 0 bridgehead atoms. The van der Waals surface area contributed by atoms with Crippen LogP contribution in [0.1, 0.15) is 31.2 Å². The number of aliphatic hydroxyl groups is 1. The van der Waals surface area contributed by atoms with E-state index in [-0.39, 0.29) is 5.75 Å². The molecule has 3 aromatic rings. The van der Waals surface area contributed by atoms with E-state index >= 15 is 0 Å². The molecule has 1 saturated carbocycles. The van der Waals surface area contributed by atoms with Crippen LogP contribution in [0.25, 0.3) is 11.3 Å². The minimum atomic E-state index is -0.429. The maximum Gasteiger partial charge on any atom is 0.222 e. The van der Waals surface area contributed by atoms with Crippen molar-refractivity contribution in [2.75, 3.05) is 6.54 Å². The van der Waals surface area contributed by atoms with E-state index in [4.69, 9.17) is 9.84 Å². The number of aromatic nitrogens is 2. The van der Waals surface area contributed by atoms with Crippen LogP contribution in [0.4, 0.5) is 4.39 Å². The van der Waals surface area contributed by atoms with Crippen molar-refractivity contribution < 1.29 is 14.2 Å². The quantitative estimate of drug-likeness (QED) is 0.415. The predicted octanol–water partition coefficient (Wildman–Crippen LogP) is 5.31. The number of allylic oxidation sites excluding steroid dienone is 1. The van der Waals surface area contributed by atoms with Crippen LogP contribution in [0.2, 0.25) is 0 Å². The number of aryl methyl sites for hydroxylation is 1. The van der Waals surface area contributed by atoms with E-state index in [0.717, 1.165) is 36.1 Å². The second-order valence-corrected chi connectivity index (χ2v) is 8.33. The normalized spacial score (nSPS) is 14.5. The SMILES string of the molecule is C=CCCC(O)CN(Cc1c(-c2ccccc2)nn(C)c1Oc1ccccc1F)C1CC1. The van der Waals surface area contributed by atoms with Crippen LogP contribution < -0.4 is 4.74 Å².